The number of fused-ring (bicyclic) bond motifs is 1. The second-order valence-electron chi connectivity index (χ2n) is 7.73. The second-order valence-corrected chi connectivity index (χ2v) is 9.49. The van der Waals surface area contributed by atoms with Gasteiger partial charge in [-0.2, -0.15) is 0 Å². The number of benzene rings is 1. The van der Waals surface area contributed by atoms with Crippen molar-refractivity contribution in [1.82, 2.24) is 9.62 Å². The Morgan fingerprint density at radius 1 is 1.00 bits per heavy atom. The minimum Gasteiger partial charge on any atom is -0.486 e. The van der Waals surface area contributed by atoms with Crippen LogP contribution >= 0.6 is 0 Å². The van der Waals surface area contributed by atoms with Crippen LogP contribution in [0.3, 0.4) is 0 Å². The third-order valence-electron chi connectivity index (χ3n) is 5.77. The van der Waals surface area contributed by atoms with Crippen molar-refractivity contribution in [2.75, 3.05) is 52.6 Å². The van der Waals surface area contributed by atoms with Crippen molar-refractivity contribution in [2.45, 2.75) is 30.6 Å². The molecule has 3 heterocycles. The van der Waals surface area contributed by atoms with Gasteiger partial charge in [0.25, 0.3) is 0 Å². The maximum Gasteiger partial charge on any atom is 0.240 e. The van der Waals surface area contributed by atoms with Crippen molar-refractivity contribution in [3.8, 4) is 11.5 Å². The van der Waals surface area contributed by atoms with Gasteiger partial charge >= 0.3 is 0 Å². The molecule has 27 heavy (non-hydrogen) atoms. The summed E-state index contributed by atoms with van der Waals surface area (Å²) < 4.78 is 45.2. The Kier molecular flexibility index (Phi) is 5.59. The predicted molar refractivity (Wildman–Crippen MR) is 101 cm³/mol. The van der Waals surface area contributed by atoms with E-state index >= 15 is 0 Å². The highest BCUT2D eigenvalue weighted by atomic mass is 32.2. The van der Waals surface area contributed by atoms with Crippen LogP contribution < -0.4 is 14.2 Å². The summed E-state index contributed by atoms with van der Waals surface area (Å²) in [6.45, 7) is 5.89. The van der Waals surface area contributed by atoms with E-state index in [1.54, 1.807) is 18.2 Å². The first kappa shape index (κ1) is 19.0. The van der Waals surface area contributed by atoms with Gasteiger partial charge in [0.15, 0.2) is 11.5 Å². The highest BCUT2D eigenvalue weighted by molar-refractivity contribution is 7.89. The average molecular weight is 397 g/mol. The molecule has 0 saturated carbocycles. The summed E-state index contributed by atoms with van der Waals surface area (Å²) in [5.74, 6) is 1.08. The van der Waals surface area contributed by atoms with Gasteiger partial charge in [0.05, 0.1) is 4.90 Å². The molecular weight excluding hydrogens is 368 g/mol. The number of sulfonamides is 1. The highest BCUT2D eigenvalue weighted by Gasteiger charge is 2.36. The molecule has 1 N–H and O–H groups in total. The molecule has 4 rings (SSSR count). The molecule has 0 radical (unpaired) electrons. The van der Waals surface area contributed by atoms with Crippen molar-refractivity contribution >= 4 is 10.0 Å². The lowest BCUT2D eigenvalue weighted by atomic mass is 9.80. The van der Waals surface area contributed by atoms with E-state index in [9.17, 15) is 8.42 Å². The third kappa shape index (κ3) is 4.39. The molecule has 0 aliphatic carbocycles. The molecule has 7 nitrogen and oxygen atoms in total. The first-order valence-electron chi connectivity index (χ1n) is 9.76. The van der Waals surface area contributed by atoms with Crippen LogP contribution in [0.15, 0.2) is 23.1 Å². The van der Waals surface area contributed by atoms with E-state index in [4.69, 9.17) is 14.2 Å². The summed E-state index contributed by atoms with van der Waals surface area (Å²) in [6.07, 6.45) is 4.23. The molecule has 0 atom stereocenters. The number of nitrogens with zero attached hydrogens (tertiary/aromatic N) is 1. The van der Waals surface area contributed by atoms with Crippen molar-refractivity contribution in [3.63, 3.8) is 0 Å². The number of rotatable bonds is 6. The van der Waals surface area contributed by atoms with E-state index in [1.807, 2.05) is 0 Å². The molecule has 8 heteroatoms. The predicted octanol–water partition coefficient (Wildman–Crippen LogP) is 1.63. The number of likely N-dealkylation sites (tertiary alicyclic amines) is 1. The topological polar surface area (TPSA) is 77.1 Å². The zero-order valence-electron chi connectivity index (χ0n) is 15.6. The zero-order valence-corrected chi connectivity index (χ0v) is 16.4. The van der Waals surface area contributed by atoms with Gasteiger partial charge < -0.3 is 19.1 Å². The minimum atomic E-state index is -3.61. The monoisotopic (exact) mass is 396 g/mol. The smallest absolute Gasteiger partial charge is 0.240 e. The number of hydrogen-bond donors (Lipinski definition) is 1. The van der Waals surface area contributed by atoms with Crippen LogP contribution in [0.1, 0.15) is 25.7 Å². The quantitative estimate of drug-likeness (QED) is 0.788. The molecule has 1 aromatic rings. The molecule has 150 valence electrons. The minimum absolute atomic E-state index is 0.0660. The summed E-state index contributed by atoms with van der Waals surface area (Å²) in [6, 6.07) is 4.79. The largest absolute Gasteiger partial charge is 0.486 e. The maximum atomic E-state index is 12.9. The first-order chi connectivity index (χ1) is 13.1. The lowest BCUT2D eigenvalue weighted by Crippen LogP contribution is -2.48. The Labute approximate surface area is 161 Å². The molecule has 2 saturated heterocycles. The van der Waals surface area contributed by atoms with Crippen LogP contribution in [-0.4, -0.2) is 65.9 Å². The van der Waals surface area contributed by atoms with Gasteiger partial charge in [0.2, 0.25) is 10.0 Å². The van der Waals surface area contributed by atoms with Crippen LogP contribution in [0.4, 0.5) is 0 Å². The summed E-state index contributed by atoms with van der Waals surface area (Å²) in [4.78, 5) is 2.68. The van der Waals surface area contributed by atoms with Crippen LogP contribution in [0.2, 0.25) is 0 Å². The fourth-order valence-electron chi connectivity index (χ4n) is 4.13. The van der Waals surface area contributed by atoms with E-state index in [-0.39, 0.29) is 10.3 Å². The normalized spacial score (nSPS) is 22.7. The van der Waals surface area contributed by atoms with Crippen LogP contribution in [0.5, 0.6) is 11.5 Å². The van der Waals surface area contributed by atoms with Crippen molar-refractivity contribution < 1.29 is 22.6 Å². The van der Waals surface area contributed by atoms with Gasteiger partial charge in [-0.25, -0.2) is 13.1 Å². The molecule has 0 aromatic heterocycles. The van der Waals surface area contributed by atoms with Crippen LogP contribution in [0.25, 0.3) is 0 Å². The molecule has 0 spiro atoms. The van der Waals surface area contributed by atoms with Crippen LogP contribution in [-0.2, 0) is 14.8 Å². The second kappa shape index (κ2) is 7.95. The third-order valence-corrected chi connectivity index (χ3v) is 7.17. The SMILES string of the molecule is O=S(=O)(NCC1(CN2CCCC2)CCOCC1)c1ccc2c(c1)OCCO2. The van der Waals surface area contributed by atoms with E-state index in [2.05, 4.69) is 9.62 Å². The summed E-state index contributed by atoms with van der Waals surface area (Å²) >= 11 is 0. The summed E-state index contributed by atoms with van der Waals surface area (Å²) in [5, 5.41) is 0. The molecule has 2 fully saturated rings. The maximum absolute atomic E-state index is 12.9. The Morgan fingerprint density at radius 2 is 1.70 bits per heavy atom. The molecule has 1 aromatic carbocycles. The van der Waals surface area contributed by atoms with E-state index in [0.717, 1.165) is 32.5 Å². The lowest BCUT2D eigenvalue weighted by Gasteiger charge is -2.40. The Bertz CT molecular complexity index is 755. The number of hydrogen-bond acceptors (Lipinski definition) is 6. The first-order valence-corrected chi connectivity index (χ1v) is 11.2. The van der Waals surface area contributed by atoms with E-state index in [0.29, 0.717) is 44.5 Å². The fraction of sp³-hybridized carbons (Fsp3) is 0.684. The molecule has 0 amide bonds. The number of ether oxygens (including phenoxy) is 3. The molecule has 3 aliphatic heterocycles. The Balaban J connectivity index is 1.47. The molecule has 0 bridgehead atoms. The van der Waals surface area contributed by atoms with E-state index in [1.165, 1.54) is 12.8 Å². The Morgan fingerprint density at radius 3 is 2.44 bits per heavy atom. The van der Waals surface area contributed by atoms with Crippen molar-refractivity contribution in [3.05, 3.63) is 18.2 Å². The van der Waals surface area contributed by atoms with Gasteiger partial charge in [-0.1, -0.05) is 0 Å². The molecular formula is C19H28N2O5S. The molecule has 0 unspecified atom stereocenters. The fourth-order valence-corrected chi connectivity index (χ4v) is 5.30. The number of nitrogens with one attached hydrogen (secondary N) is 1. The highest BCUT2D eigenvalue weighted by Crippen LogP contribution is 2.34. The van der Waals surface area contributed by atoms with Gasteiger partial charge in [0.1, 0.15) is 13.2 Å². The van der Waals surface area contributed by atoms with Gasteiger partial charge in [-0.3, -0.25) is 0 Å². The van der Waals surface area contributed by atoms with Crippen LogP contribution in [0, 0.1) is 5.41 Å². The standard InChI is InChI=1S/C19H28N2O5S/c22-27(23,16-3-4-17-18(13-16)26-12-11-25-17)20-14-19(5-9-24-10-6-19)15-21-7-1-2-8-21/h3-4,13,20H,1-2,5-12,14-15H2. The lowest BCUT2D eigenvalue weighted by molar-refractivity contribution is 0.00157. The summed E-state index contributed by atoms with van der Waals surface area (Å²) in [5.41, 5.74) is -0.0660. The van der Waals surface area contributed by atoms with Gasteiger partial charge in [0, 0.05) is 37.8 Å². The van der Waals surface area contributed by atoms with Crippen molar-refractivity contribution in [2.24, 2.45) is 5.41 Å². The average Bonchev–Trinajstić information content (AvgIpc) is 3.20. The molecule has 3 aliphatic rings. The van der Waals surface area contributed by atoms with Gasteiger partial charge in [-0.05, 0) is 50.9 Å². The zero-order chi connectivity index (χ0) is 18.7. The van der Waals surface area contributed by atoms with Crippen molar-refractivity contribution in [1.29, 1.82) is 0 Å². The Hall–Kier alpha value is -1.35. The van der Waals surface area contributed by atoms with E-state index < -0.39 is 10.0 Å². The van der Waals surface area contributed by atoms with Gasteiger partial charge in [-0.15, -0.1) is 0 Å². The summed E-state index contributed by atoms with van der Waals surface area (Å²) in [7, 11) is -3.61.